The summed E-state index contributed by atoms with van der Waals surface area (Å²) in [6.07, 6.45) is 101. The monoisotopic (exact) mass is 1150 g/mol. The highest BCUT2D eigenvalue weighted by Gasteiger charge is 2.19. The number of ether oxygens (including phenoxy) is 3. The van der Waals surface area contributed by atoms with Gasteiger partial charge in [-0.25, -0.2) is 0 Å². The Labute approximate surface area is 512 Å². The summed E-state index contributed by atoms with van der Waals surface area (Å²) in [5.41, 5.74) is 0. The van der Waals surface area contributed by atoms with Crippen LogP contribution in [0.3, 0.4) is 0 Å². The van der Waals surface area contributed by atoms with Crippen molar-refractivity contribution < 1.29 is 28.6 Å². The van der Waals surface area contributed by atoms with Crippen LogP contribution in [0.25, 0.3) is 0 Å². The number of carbonyl (C=O) groups is 3. The number of esters is 3. The molecular formula is C77H126O6. The van der Waals surface area contributed by atoms with E-state index < -0.39 is 6.10 Å². The van der Waals surface area contributed by atoms with E-state index in [9.17, 15) is 14.4 Å². The normalized spacial score (nSPS) is 13.0. The van der Waals surface area contributed by atoms with Gasteiger partial charge in [-0.1, -0.05) is 308 Å². The average molecular weight is 1150 g/mol. The maximum absolute atomic E-state index is 12.8. The molecule has 0 radical (unpaired) electrons. The molecule has 0 N–H and O–H groups in total. The quantitative estimate of drug-likeness (QED) is 0.0261. The number of rotatable bonds is 61. The molecule has 6 heteroatoms. The fourth-order valence-electron chi connectivity index (χ4n) is 9.27. The average Bonchev–Trinajstić information content (AvgIpc) is 3.49. The van der Waals surface area contributed by atoms with Crippen molar-refractivity contribution in [3.8, 4) is 0 Å². The van der Waals surface area contributed by atoms with E-state index in [4.69, 9.17) is 14.2 Å². The second-order valence-corrected chi connectivity index (χ2v) is 22.3. The van der Waals surface area contributed by atoms with E-state index >= 15 is 0 Å². The molecule has 0 fully saturated rings. The molecule has 83 heavy (non-hydrogen) atoms. The number of carbonyl (C=O) groups excluding carboxylic acids is 3. The lowest BCUT2D eigenvalue weighted by molar-refractivity contribution is -0.167. The third-order valence-corrected chi connectivity index (χ3v) is 14.3. The molecule has 1 unspecified atom stereocenters. The maximum Gasteiger partial charge on any atom is 0.306 e. The maximum atomic E-state index is 12.8. The predicted octanol–water partition coefficient (Wildman–Crippen LogP) is 23.9. The van der Waals surface area contributed by atoms with Crippen LogP contribution in [0.15, 0.2) is 146 Å². The molecule has 0 amide bonds. The predicted molar refractivity (Wildman–Crippen MR) is 362 cm³/mol. The summed E-state index contributed by atoms with van der Waals surface area (Å²) in [6.45, 7) is 6.33. The summed E-state index contributed by atoms with van der Waals surface area (Å²) in [7, 11) is 0. The molecule has 0 aromatic rings. The molecule has 1 atom stereocenters. The Morgan fingerprint density at radius 2 is 0.470 bits per heavy atom. The standard InChI is InChI=1S/C77H126O6/c1-4-7-10-13-15-17-19-21-23-25-27-29-31-33-34-35-36-37-38-39-40-41-42-44-45-47-49-51-53-55-57-59-61-64-67-70-76(79)82-73-74(72-81-75(78)69-66-63-12-9-6-3)83-77(80)71-68-65-62-60-58-56-54-52-50-48-46-43-32-30-28-26-24-22-20-18-16-14-11-8-5-2/h7-8,10-11,15-18,21-24,27-30,33-34,36-37,43,46,50,52,74H,4-6,9,12-14,19-20,25-26,31-32,35,38-42,44-45,47-49,51,53-73H2,1-3H3/b10-7-,11-8-,17-15-,18-16-,23-21-,24-22-,29-27-,30-28-,34-33-,37-36-,46-43-,52-50-. The summed E-state index contributed by atoms with van der Waals surface area (Å²) < 4.78 is 16.8. The Hall–Kier alpha value is -4.71. The van der Waals surface area contributed by atoms with Crippen molar-refractivity contribution in [1.29, 1.82) is 0 Å². The Balaban J connectivity index is 4.02. The van der Waals surface area contributed by atoms with Gasteiger partial charge in [0.15, 0.2) is 6.10 Å². The summed E-state index contributed by atoms with van der Waals surface area (Å²) in [4.78, 5) is 38.0. The molecule has 0 aliphatic rings. The SMILES string of the molecule is CC/C=C\C/C=C\C/C=C\C/C=C\C/C=C\C/C=C\CCCCCCCCCCCCCCCCCCC(=O)OCC(COC(=O)CCCCCCC)OC(=O)CCCCCCCC/C=C\C/C=C\C/C=C\C/C=C\C/C=C\C/C=C\CC. The molecule has 0 aliphatic heterocycles. The van der Waals surface area contributed by atoms with Crippen molar-refractivity contribution in [2.75, 3.05) is 13.2 Å². The van der Waals surface area contributed by atoms with E-state index in [0.29, 0.717) is 19.3 Å². The van der Waals surface area contributed by atoms with Crippen LogP contribution in [0.4, 0.5) is 0 Å². The summed E-state index contributed by atoms with van der Waals surface area (Å²) in [5.74, 6) is -0.911. The van der Waals surface area contributed by atoms with Crippen molar-refractivity contribution in [3.05, 3.63) is 146 Å². The molecule has 0 spiro atoms. The van der Waals surface area contributed by atoms with E-state index in [-0.39, 0.29) is 31.1 Å². The highest BCUT2D eigenvalue weighted by molar-refractivity contribution is 5.71. The van der Waals surface area contributed by atoms with Gasteiger partial charge in [-0.3, -0.25) is 14.4 Å². The van der Waals surface area contributed by atoms with E-state index in [2.05, 4.69) is 167 Å². The van der Waals surface area contributed by atoms with E-state index in [1.54, 1.807) is 0 Å². The highest BCUT2D eigenvalue weighted by Crippen LogP contribution is 2.16. The lowest BCUT2D eigenvalue weighted by atomic mass is 10.0. The Morgan fingerprint density at radius 3 is 0.735 bits per heavy atom. The topological polar surface area (TPSA) is 78.9 Å². The van der Waals surface area contributed by atoms with Crippen molar-refractivity contribution >= 4 is 17.9 Å². The molecule has 0 aromatic heterocycles. The molecule has 0 heterocycles. The van der Waals surface area contributed by atoms with Gasteiger partial charge >= 0.3 is 17.9 Å². The smallest absolute Gasteiger partial charge is 0.306 e. The second kappa shape index (κ2) is 69.8. The zero-order chi connectivity index (χ0) is 59.9. The van der Waals surface area contributed by atoms with Crippen molar-refractivity contribution in [2.45, 2.75) is 309 Å². The minimum Gasteiger partial charge on any atom is -0.462 e. The summed E-state index contributed by atoms with van der Waals surface area (Å²) >= 11 is 0. The van der Waals surface area contributed by atoms with Gasteiger partial charge in [-0.2, -0.15) is 0 Å². The minimum atomic E-state index is -0.787. The number of allylic oxidation sites excluding steroid dienone is 24. The van der Waals surface area contributed by atoms with Gasteiger partial charge in [0.2, 0.25) is 0 Å². The zero-order valence-corrected chi connectivity index (χ0v) is 53.9. The summed E-state index contributed by atoms with van der Waals surface area (Å²) in [6, 6.07) is 0. The third-order valence-electron chi connectivity index (χ3n) is 14.3. The first-order valence-electron chi connectivity index (χ1n) is 34.3. The first kappa shape index (κ1) is 78.3. The van der Waals surface area contributed by atoms with Crippen molar-refractivity contribution in [3.63, 3.8) is 0 Å². The van der Waals surface area contributed by atoms with Crippen LogP contribution < -0.4 is 0 Å². The van der Waals surface area contributed by atoms with Gasteiger partial charge in [0.1, 0.15) is 13.2 Å². The fourth-order valence-corrected chi connectivity index (χ4v) is 9.27. The largest absolute Gasteiger partial charge is 0.462 e. The minimum absolute atomic E-state index is 0.0859. The first-order valence-corrected chi connectivity index (χ1v) is 34.3. The molecule has 0 saturated carbocycles. The van der Waals surface area contributed by atoms with Crippen LogP contribution in [0.1, 0.15) is 303 Å². The van der Waals surface area contributed by atoms with Crippen LogP contribution in [0, 0.1) is 0 Å². The summed E-state index contributed by atoms with van der Waals surface area (Å²) in [5, 5.41) is 0. The fraction of sp³-hybridized carbons (Fsp3) is 0.649. The number of unbranched alkanes of at least 4 members (excludes halogenated alkanes) is 26. The van der Waals surface area contributed by atoms with E-state index in [1.165, 1.54) is 109 Å². The van der Waals surface area contributed by atoms with Gasteiger partial charge in [0.05, 0.1) is 0 Å². The Kier molecular flexibility index (Phi) is 65.8. The first-order chi connectivity index (χ1) is 41.0. The van der Waals surface area contributed by atoms with Gasteiger partial charge in [-0.05, 0) is 122 Å². The molecular weight excluding hydrogens is 1020 g/mol. The zero-order valence-electron chi connectivity index (χ0n) is 53.9. The van der Waals surface area contributed by atoms with E-state index in [1.807, 2.05) is 0 Å². The molecule has 0 saturated heterocycles. The van der Waals surface area contributed by atoms with Crippen LogP contribution in [0.5, 0.6) is 0 Å². The van der Waals surface area contributed by atoms with Gasteiger partial charge in [-0.15, -0.1) is 0 Å². The number of hydrogen-bond donors (Lipinski definition) is 0. The van der Waals surface area contributed by atoms with Gasteiger partial charge in [0.25, 0.3) is 0 Å². The van der Waals surface area contributed by atoms with Crippen LogP contribution >= 0.6 is 0 Å². The van der Waals surface area contributed by atoms with E-state index in [0.717, 1.165) is 154 Å². The molecule has 0 aliphatic carbocycles. The Morgan fingerprint density at radius 1 is 0.253 bits per heavy atom. The Bertz CT molecular complexity index is 1800. The van der Waals surface area contributed by atoms with Crippen molar-refractivity contribution in [1.82, 2.24) is 0 Å². The lowest BCUT2D eigenvalue weighted by Crippen LogP contribution is -2.30. The molecule has 6 nitrogen and oxygen atoms in total. The third kappa shape index (κ3) is 68.0. The molecule has 0 rings (SSSR count). The van der Waals surface area contributed by atoms with Crippen LogP contribution in [-0.2, 0) is 28.6 Å². The highest BCUT2D eigenvalue weighted by atomic mass is 16.6. The van der Waals surface area contributed by atoms with Crippen LogP contribution in [0.2, 0.25) is 0 Å². The lowest BCUT2D eigenvalue weighted by Gasteiger charge is -2.18. The second-order valence-electron chi connectivity index (χ2n) is 22.3. The van der Waals surface area contributed by atoms with Gasteiger partial charge < -0.3 is 14.2 Å². The molecule has 0 bridgehead atoms. The van der Waals surface area contributed by atoms with Crippen LogP contribution in [-0.4, -0.2) is 37.2 Å². The van der Waals surface area contributed by atoms with Gasteiger partial charge in [0, 0.05) is 19.3 Å². The molecule has 0 aromatic carbocycles. The van der Waals surface area contributed by atoms with Crippen molar-refractivity contribution in [2.24, 2.45) is 0 Å². The number of hydrogen-bond acceptors (Lipinski definition) is 6. The molecule has 470 valence electrons.